The number of nitrogens with one attached hydrogen (secondary N) is 2. The first-order chi connectivity index (χ1) is 13.0. The average molecular weight is 425 g/mol. The summed E-state index contributed by atoms with van der Waals surface area (Å²) in [5.41, 5.74) is 9.84. The molecular weight excluding hydrogens is 407 g/mol. The van der Waals surface area contributed by atoms with Gasteiger partial charge in [0.2, 0.25) is 0 Å². The van der Waals surface area contributed by atoms with Crippen molar-refractivity contribution in [1.29, 1.82) is 5.41 Å². The van der Waals surface area contributed by atoms with Gasteiger partial charge in [0.15, 0.2) is 12.1 Å². The zero-order chi connectivity index (χ0) is 21.1. The largest absolute Gasteiger partial charge is 0.482 e. The van der Waals surface area contributed by atoms with E-state index in [1.807, 2.05) is 0 Å². The highest BCUT2D eigenvalue weighted by Crippen LogP contribution is 2.40. The van der Waals surface area contributed by atoms with Gasteiger partial charge in [-0.1, -0.05) is 23.2 Å². The number of hydrogen-bond donors (Lipinski definition) is 5. The molecule has 0 saturated heterocycles. The van der Waals surface area contributed by atoms with E-state index in [2.05, 4.69) is 5.32 Å². The Hall–Kier alpha value is -2.97. The fourth-order valence-corrected chi connectivity index (χ4v) is 3.03. The van der Waals surface area contributed by atoms with Crippen LogP contribution in [0.2, 0.25) is 10.0 Å². The molecule has 1 amide bonds. The number of hydrogen-bond acceptors (Lipinski definition) is 5. The zero-order valence-corrected chi connectivity index (χ0v) is 16.3. The van der Waals surface area contributed by atoms with Gasteiger partial charge in [-0.2, -0.15) is 0 Å². The van der Waals surface area contributed by atoms with Crippen molar-refractivity contribution in [3.05, 3.63) is 57.6 Å². The van der Waals surface area contributed by atoms with Crippen LogP contribution in [0.4, 0.5) is 5.69 Å². The van der Waals surface area contributed by atoms with E-state index in [-0.39, 0.29) is 27.2 Å². The smallest absolute Gasteiger partial charge is 0.333 e. The van der Waals surface area contributed by atoms with Gasteiger partial charge in [-0.3, -0.25) is 10.2 Å². The van der Waals surface area contributed by atoms with E-state index in [1.54, 1.807) is 24.3 Å². The first-order valence-electron chi connectivity index (χ1n) is 7.91. The Bertz CT molecular complexity index is 934. The standard InChI is InChI=1S/C18H18Cl2N4O4/c1-18(17(26)27,24-11-4-2-9(3-5-11)16(22)23)12-6-10(19)7-13(20)15(12)28-8-14(21)25/h2-7,24H,8H2,1H3,(H2,21,25)(H3,22,23)(H,26,27). The second kappa shape index (κ2) is 8.37. The van der Waals surface area contributed by atoms with Crippen LogP contribution in [-0.4, -0.2) is 29.4 Å². The van der Waals surface area contributed by atoms with E-state index in [1.165, 1.54) is 19.1 Å². The molecule has 0 aliphatic rings. The van der Waals surface area contributed by atoms with Gasteiger partial charge in [0.1, 0.15) is 11.6 Å². The maximum absolute atomic E-state index is 12.2. The molecule has 0 radical (unpaired) electrons. The molecule has 148 valence electrons. The summed E-state index contributed by atoms with van der Waals surface area (Å²) in [6.07, 6.45) is 0. The van der Waals surface area contributed by atoms with Crippen molar-refractivity contribution in [2.45, 2.75) is 12.5 Å². The van der Waals surface area contributed by atoms with Crippen molar-refractivity contribution in [1.82, 2.24) is 0 Å². The summed E-state index contributed by atoms with van der Waals surface area (Å²) in [5.74, 6) is -2.13. The number of nitrogen functional groups attached to an aromatic ring is 1. The third-order valence-electron chi connectivity index (χ3n) is 3.92. The molecule has 8 nitrogen and oxygen atoms in total. The lowest BCUT2D eigenvalue weighted by molar-refractivity contribution is -0.142. The number of halogens is 2. The normalized spacial score (nSPS) is 12.7. The first-order valence-corrected chi connectivity index (χ1v) is 8.67. The fourth-order valence-electron chi connectivity index (χ4n) is 2.48. The quantitative estimate of drug-likeness (QED) is 0.324. The van der Waals surface area contributed by atoms with Crippen molar-refractivity contribution in [2.24, 2.45) is 11.5 Å². The van der Waals surface area contributed by atoms with Crippen LogP contribution in [-0.2, 0) is 15.1 Å². The van der Waals surface area contributed by atoms with Crippen molar-refractivity contribution in [2.75, 3.05) is 11.9 Å². The monoisotopic (exact) mass is 424 g/mol. The molecule has 7 N–H and O–H groups in total. The number of nitrogens with two attached hydrogens (primary N) is 2. The van der Waals surface area contributed by atoms with E-state index >= 15 is 0 Å². The molecule has 2 aromatic carbocycles. The Morgan fingerprint density at radius 2 is 1.82 bits per heavy atom. The second-order valence-electron chi connectivity index (χ2n) is 6.07. The number of carbonyl (C=O) groups is 2. The molecule has 28 heavy (non-hydrogen) atoms. The Balaban J connectivity index is 2.53. The van der Waals surface area contributed by atoms with Crippen LogP contribution in [0.5, 0.6) is 5.75 Å². The minimum Gasteiger partial charge on any atom is -0.482 e. The summed E-state index contributed by atoms with van der Waals surface area (Å²) in [6, 6.07) is 9.05. The van der Waals surface area contributed by atoms with Crippen molar-refractivity contribution < 1.29 is 19.4 Å². The van der Waals surface area contributed by atoms with Gasteiger partial charge in [0, 0.05) is 21.8 Å². The zero-order valence-electron chi connectivity index (χ0n) is 14.8. The molecule has 0 aromatic heterocycles. The summed E-state index contributed by atoms with van der Waals surface area (Å²) in [5, 5.41) is 20.5. The number of rotatable bonds is 8. The van der Waals surface area contributed by atoms with Crippen LogP contribution in [0.15, 0.2) is 36.4 Å². The summed E-state index contributed by atoms with van der Waals surface area (Å²) in [6.45, 7) is 0.907. The molecule has 0 aliphatic heterocycles. The summed E-state index contributed by atoms with van der Waals surface area (Å²) >= 11 is 12.2. The van der Waals surface area contributed by atoms with Crippen LogP contribution in [0.3, 0.4) is 0 Å². The van der Waals surface area contributed by atoms with E-state index in [0.717, 1.165) is 0 Å². The summed E-state index contributed by atoms with van der Waals surface area (Å²) < 4.78 is 5.36. The Morgan fingerprint density at radius 3 is 2.32 bits per heavy atom. The topological polar surface area (TPSA) is 152 Å². The maximum Gasteiger partial charge on any atom is 0.333 e. The Labute approximate surface area is 170 Å². The minimum atomic E-state index is -1.72. The SMILES string of the molecule is CC(Nc1ccc(C(=N)N)cc1)(C(=O)O)c1cc(Cl)cc(Cl)c1OCC(N)=O. The number of ether oxygens (including phenoxy) is 1. The number of carboxylic acid groups (broad SMARTS) is 1. The molecule has 2 rings (SSSR count). The van der Waals surface area contributed by atoms with Crippen molar-refractivity contribution in [3.8, 4) is 5.75 Å². The lowest BCUT2D eigenvalue weighted by atomic mass is 9.90. The lowest BCUT2D eigenvalue weighted by Gasteiger charge is -2.30. The average Bonchev–Trinajstić information content (AvgIpc) is 2.60. The highest BCUT2D eigenvalue weighted by Gasteiger charge is 2.39. The van der Waals surface area contributed by atoms with E-state index < -0.39 is 24.0 Å². The number of carboxylic acids is 1. The third-order valence-corrected chi connectivity index (χ3v) is 4.42. The number of benzene rings is 2. The van der Waals surface area contributed by atoms with Crippen molar-refractivity contribution >= 4 is 46.6 Å². The number of anilines is 1. The molecule has 0 heterocycles. The maximum atomic E-state index is 12.2. The van der Waals surface area contributed by atoms with Gasteiger partial charge in [0.05, 0.1) is 5.02 Å². The van der Waals surface area contributed by atoms with Crippen LogP contribution in [0.1, 0.15) is 18.1 Å². The highest BCUT2D eigenvalue weighted by atomic mass is 35.5. The predicted octanol–water partition coefficient (Wildman–Crippen LogP) is 2.55. The van der Waals surface area contributed by atoms with Gasteiger partial charge in [0.25, 0.3) is 5.91 Å². The minimum absolute atomic E-state index is 0.0253. The number of carbonyl (C=O) groups excluding carboxylic acids is 1. The second-order valence-corrected chi connectivity index (χ2v) is 6.91. The van der Waals surface area contributed by atoms with Gasteiger partial charge in [-0.15, -0.1) is 0 Å². The van der Waals surface area contributed by atoms with Gasteiger partial charge < -0.3 is 26.6 Å². The van der Waals surface area contributed by atoms with Crippen LogP contribution >= 0.6 is 23.2 Å². The molecule has 0 aliphatic carbocycles. The molecule has 10 heteroatoms. The first kappa shape index (κ1) is 21.3. The summed E-state index contributed by atoms with van der Waals surface area (Å²) in [7, 11) is 0. The molecule has 0 saturated carbocycles. The number of aliphatic carboxylic acids is 1. The predicted molar refractivity (Wildman–Crippen MR) is 107 cm³/mol. The Morgan fingerprint density at radius 1 is 1.21 bits per heavy atom. The highest BCUT2D eigenvalue weighted by molar-refractivity contribution is 6.35. The third kappa shape index (κ3) is 4.65. The molecule has 0 bridgehead atoms. The summed E-state index contributed by atoms with van der Waals surface area (Å²) in [4.78, 5) is 23.3. The number of primary amides is 1. The molecule has 1 atom stereocenters. The van der Waals surface area contributed by atoms with Crippen LogP contribution in [0, 0.1) is 5.41 Å². The molecular formula is C18H18Cl2N4O4. The van der Waals surface area contributed by atoms with E-state index in [4.69, 9.17) is 44.8 Å². The van der Waals surface area contributed by atoms with Gasteiger partial charge >= 0.3 is 5.97 Å². The van der Waals surface area contributed by atoms with Crippen LogP contribution in [0.25, 0.3) is 0 Å². The molecule has 1 unspecified atom stereocenters. The lowest BCUT2D eigenvalue weighted by Crippen LogP contribution is -2.41. The molecule has 0 fully saturated rings. The van der Waals surface area contributed by atoms with Crippen LogP contribution < -0.4 is 21.5 Å². The molecule has 2 aromatic rings. The van der Waals surface area contributed by atoms with Gasteiger partial charge in [-0.05, 0) is 43.3 Å². The number of amides is 1. The fraction of sp³-hybridized carbons (Fsp3) is 0.167. The van der Waals surface area contributed by atoms with Gasteiger partial charge in [-0.25, -0.2) is 4.79 Å². The molecule has 0 spiro atoms. The van der Waals surface area contributed by atoms with E-state index in [0.29, 0.717) is 11.3 Å². The van der Waals surface area contributed by atoms with E-state index in [9.17, 15) is 14.7 Å². The number of amidine groups is 1. The Kier molecular flexibility index (Phi) is 6.37. The van der Waals surface area contributed by atoms with Crippen molar-refractivity contribution in [3.63, 3.8) is 0 Å².